The van der Waals surface area contributed by atoms with Crippen LogP contribution in [-0.4, -0.2) is 17.7 Å². The normalized spacial score (nSPS) is 11.9. The summed E-state index contributed by atoms with van der Waals surface area (Å²) in [5, 5.41) is 7.48. The molecule has 0 spiro atoms. The second kappa shape index (κ2) is 8.06. The zero-order chi connectivity index (χ0) is 19.6. The predicted molar refractivity (Wildman–Crippen MR) is 112 cm³/mol. The Morgan fingerprint density at radius 2 is 1.96 bits per heavy atom. The highest BCUT2D eigenvalue weighted by atomic mass is 35.5. The molecule has 0 aliphatic rings. The number of anilines is 1. The van der Waals surface area contributed by atoms with E-state index in [2.05, 4.69) is 29.0 Å². The van der Waals surface area contributed by atoms with Crippen LogP contribution in [0.1, 0.15) is 29.0 Å². The molecule has 2 amide bonds. The molecule has 2 N–H and O–H groups in total. The first-order chi connectivity index (χ1) is 12.9. The van der Waals surface area contributed by atoms with E-state index in [0.717, 1.165) is 10.6 Å². The number of nitrogens with zero attached hydrogens (tertiary/aromatic N) is 1. The highest BCUT2D eigenvalue weighted by molar-refractivity contribution is 7.14. The second-order valence-corrected chi connectivity index (χ2v) is 7.90. The van der Waals surface area contributed by atoms with Gasteiger partial charge in [0.2, 0.25) is 0 Å². The molecule has 0 saturated carbocycles. The minimum Gasteiger partial charge on any atom is -0.495 e. The number of rotatable bonds is 5. The van der Waals surface area contributed by atoms with E-state index in [0.29, 0.717) is 16.5 Å². The lowest BCUT2D eigenvalue weighted by molar-refractivity contribution is 0.249. The lowest BCUT2D eigenvalue weighted by Gasteiger charge is -2.18. The number of methoxy groups -OCH3 is 1. The SMILES string of the molecule is COc1ccc(Cl)cc1NC(=O)N[C@@H](C)c1c(-n2cccc2)sc(C)c1C. The number of ether oxygens (including phenoxy) is 1. The number of aryl methyl sites for hydroxylation is 1. The van der Waals surface area contributed by atoms with Gasteiger partial charge in [0.05, 0.1) is 18.8 Å². The van der Waals surface area contributed by atoms with Crippen LogP contribution in [0.15, 0.2) is 42.7 Å². The smallest absolute Gasteiger partial charge is 0.319 e. The molecule has 5 nitrogen and oxygen atoms in total. The Morgan fingerprint density at radius 3 is 2.63 bits per heavy atom. The van der Waals surface area contributed by atoms with Gasteiger partial charge in [0.1, 0.15) is 10.8 Å². The zero-order valence-corrected chi connectivity index (χ0v) is 17.2. The standard InChI is InChI=1S/C20H22ClN3O2S/c1-12-14(3)27-19(24-9-5-6-10-24)18(12)13(2)22-20(25)23-16-11-15(21)7-8-17(16)26-4/h5-11,13H,1-4H3,(H2,22,23,25)/t13-/m0/s1. The molecule has 1 atom stereocenters. The summed E-state index contributed by atoms with van der Waals surface area (Å²) in [5.41, 5.74) is 2.83. The van der Waals surface area contributed by atoms with E-state index < -0.39 is 0 Å². The third-order valence-electron chi connectivity index (χ3n) is 4.44. The highest BCUT2D eigenvalue weighted by Gasteiger charge is 2.21. The Bertz CT molecular complexity index is 951. The summed E-state index contributed by atoms with van der Waals surface area (Å²) in [6, 6.07) is 8.59. The number of hydrogen-bond donors (Lipinski definition) is 2. The monoisotopic (exact) mass is 403 g/mol. The van der Waals surface area contributed by atoms with Crippen molar-refractivity contribution in [1.29, 1.82) is 0 Å². The summed E-state index contributed by atoms with van der Waals surface area (Å²) in [7, 11) is 1.55. The number of halogens is 1. The molecule has 3 aromatic rings. The van der Waals surface area contributed by atoms with Crippen molar-refractivity contribution in [1.82, 2.24) is 9.88 Å². The molecule has 0 aliphatic carbocycles. The maximum absolute atomic E-state index is 12.6. The first-order valence-electron chi connectivity index (χ1n) is 8.55. The summed E-state index contributed by atoms with van der Waals surface area (Å²) >= 11 is 7.75. The molecular formula is C20H22ClN3O2S. The van der Waals surface area contributed by atoms with Crippen LogP contribution in [-0.2, 0) is 0 Å². The average Bonchev–Trinajstić information content (AvgIpc) is 3.24. The maximum Gasteiger partial charge on any atom is 0.319 e. The van der Waals surface area contributed by atoms with Crippen molar-refractivity contribution < 1.29 is 9.53 Å². The Morgan fingerprint density at radius 1 is 1.26 bits per heavy atom. The van der Waals surface area contributed by atoms with E-state index in [9.17, 15) is 4.79 Å². The second-order valence-electron chi connectivity index (χ2n) is 6.26. The molecule has 0 bridgehead atoms. The van der Waals surface area contributed by atoms with Crippen LogP contribution in [0.4, 0.5) is 10.5 Å². The van der Waals surface area contributed by atoms with Crippen molar-refractivity contribution in [3.05, 3.63) is 63.8 Å². The van der Waals surface area contributed by atoms with E-state index >= 15 is 0 Å². The first-order valence-corrected chi connectivity index (χ1v) is 9.74. The molecule has 27 heavy (non-hydrogen) atoms. The summed E-state index contributed by atoms with van der Waals surface area (Å²) in [5.74, 6) is 0.554. The maximum atomic E-state index is 12.6. The fourth-order valence-corrected chi connectivity index (χ4v) is 4.40. The van der Waals surface area contributed by atoms with E-state index in [1.165, 1.54) is 10.4 Å². The van der Waals surface area contributed by atoms with Crippen LogP contribution >= 0.6 is 22.9 Å². The van der Waals surface area contributed by atoms with Crippen LogP contribution in [0.3, 0.4) is 0 Å². The van der Waals surface area contributed by atoms with Crippen molar-refractivity contribution in [3.63, 3.8) is 0 Å². The molecule has 0 unspecified atom stereocenters. The Labute approximate surface area is 167 Å². The highest BCUT2D eigenvalue weighted by Crippen LogP contribution is 2.35. The molecule has 2 heterocycles. The Balaban J connectivity index is 1.81. The third-order valence-corrected chi connectivity index (χ3v) is 5.91. The number of nitrogens with one attached hydrogen (secondary N) is 2. The van der Waals surface area contributed by atoms with Crippen LogP contribution < -0.4 is 15.4 Å². The molecule has 7 heteroatoms. The molecule has 3 rings (SSSR count). The summed E-state index contributed by atoms with van der Waals surface area (Å²) in [6.45, 7) is 6.17. The van der Waals surface area contributed by atoms with E-state index in [1.54, 1.807) is 36.6 Å². The van der Waals surface area contributed by atoms with Crippen molar-refractivity contribution in [3.8, 4) is 10.8 Å². The van der Waals surface area contributed by atoms with Crippen LogP contribution in [0.2, 0.25) is 5.02 Å². The number of urea groups is 1. The summed E-state index contributed by atoms with van der Waals surface area (Å²) in [4.78, 5) is 13.8. The predicted octanol–water partition coefficient (Wildman–Crippen LogP) is 5.70. The number of thiophene rings is 1. The lowest BCUT2D eigenvalue weighted by Crippen LogP contribution is -2.31. The van der Waals surface area contributed by atoms with Gasteiger partial charge in [0.25, 0.3) is 0 Å². The van der Waals surface area contributed by atoms with Crippen molar-refractivity contribution in [2.24, 2.45) is 0 Å². The van der Waals surface area contributed by atoms with Crippen LogP contribution in [0.25, 0.3) is 5.00 Å². The number of carbonyl (C=O) groups excluding carboxylic acids is 1. The molecule has 0 aliphatic heterocycles. The fourth-order valence-electron chi connectivity index (χ4n) is 3.00. The van der Waals surface area contributed by atoms with Gasteiger partial charge in [-0.25, -0.2) is 4.79 Å². The van der Waals surface area contributed by atoms with E-state index in [4.69, 9.17) is 16.3 Å². The average molecular weight is 404 g/mol. The summed E-state index contributed by atoms with van der Waals surface area (Å²) in [6.07, 6.45) is 4.02. The minimum atomic E-state index is -0.315. The Kier molecular flexibility index (Phi) is 5.77. The van der Waals surface area contributed by atoms with Gasteiger partial charge in [0, 0.05) is 27.9 Å². The molecule has 0 saturated heterocycles. The number of carbonyl (C=O) groups is 1. The van der Waals surface area contributed by atoms with Crippen molar-refractivity contribution in [2.45, 2.75) is 26.8 Å². The number of amides is 2. The lowest BCUT2D eigenvalue weighted by atomic mass is 10.1. The molecule has 1 aromatic carbocycles. The van der Waals surface area contributed by atoms with Crippen molar-refractivity contribution >= 4 is 34.7 Å². The van der Waals surface area contributed by atoms with Gasteiger partial charge in [-0.3, -0.25) is 0 Å². The van der Waals surface area contributed by atoms with Gasteiger partial charge in [-0.05, 0) is 56.7 Å². The number of aromatic nitrogens is 1. The van der Waals surface area contributed by atoms with Crippen LogP contribution in [0, 0.1) is 13.8 Å². The van der Waals surface area contributed by atoms with Gasteiger partial charge in [-0.2, -0.15) is 0 Å². The molecule has 142 valence electrons. The third kappa shape index (κ3) is 4.12. The quantitative estimate of drug-likeness (QED) is 0.574. The minimum absolute atomic E-state index is 0.169. The molecule has 0 fully saturated rings. The summed E-state index contributed by atoms with van der Waals surface area (Å²) < 4.78 is 7.36. The first kappa shape index (κ1) is 19.3. The zero-order valence-electron chi connectivity index (χ0n) is 15.7. The van der Waals surface area contributed by atoms with Gasteiger partial charge in [-0.1, -0.05) is 11.6 Å². The fraction of sp³-hybridized carbons (Fsp3) is 0.250. The molecular weight excluding hydrogens is 382 g/mol. The van der Waals surface area contributed by atoms with Crippen LogP contribution in [0.5, 0.6) is 5.75 Å². The van der Waals surface area contributed by atoms with Gasteiger partial charge in [-0.15, -0.1) is 11.3 Å². The number of benzene rings is 1. The topological polar surface area (TPSA) is 55.3 Å². The van der Waals surface area contributed by atoms with Gasteiger partial charge < -0.3 is 19.9 Å². The largest absolute Gasteiger partial charge is 0.495 e. The van der Waals surface area contributed by atoms with E-state index in [-0.39, 0.29) is 12.1 Å². The van der Waals surface area contributed by atoms with E-state index in [1.807, 2.05) is 31.5 Å². The molecule has 2 aromatic heterocycles. The van der Waals surface area contributed by atoms with Crippen molar-refractivity contribution in [2.75, 3.05) is 12.4 Å². The van der Waals surface area contributed by atoms with Gasteiger partial charge >= 0.3 is 6.03 Å². The Hall–Kier alpha value is -2.44. The number of hydrogen-bond acceptors (Lipinski definition) is 3. The van der Waals surface area contributed by atoms with Gasteiger partial charge in [0.15, 0.2) is 0 Å². The molecule has 0 radical (unpaired) electrons.